The Morgan fingerprint density at radius 1 is 1.38 bits per heavy atom. The Labute approximate surface area is 137 Å². The first-order valence-corrected chi connectivity index (χ1v) is 6.92. The number of halogens is 2. The summed E-state index contributed by atoms with van der Waals surface area (Å²) in [7, 11) is 0. The molecule has 1 aromatic carbocycles. The molecule has 120 valence electrons. The van der Waals surface area contributed by atoms with Gasteiger partial charge in [0.15, 0.2) is 23.1 Å². The van der Waals surface area contributed by atoms with Gasteiger partial charge in [0.25, 0.3) is 0 Å². The van der Waals surface area contributed by atoms with Gasteiger partial charge in [0.2, 0.25) is 0 Å². The van der Waals surface area contributed by atoms with E-state index in [2.05, 4.69) is 20.4 Å². The Hall–Kier alpha value is -3.27. The van der Waals surface area contributed by atoms with Crippen LogP contribution in [0.5, 0.6) is 0 Å². The summed E-state index contributed by atoms with van der Waals surface area (Å²) < 4.78 is 16.5. The molecule has 0 amide bonds. The van der Waals surface area contributed by atoms with Crippen molar-refractivity contribution in [3.8, 4) is 5.82 Å². The van der Waals surface area contributed by atoms with Crippen molar-refractivity contribution in [1.82, 2.24) is 29.6 Å². The summed E-state index contributed by atoms with van der Waals surface area (Å²) in [5.41, 5.74) is 6.02. The van der Waals surface area contributed by atoms with Gasteiger partial charge < -0.3 is 10.8 Å². The number of anilines is 1. The van der Waals surface area contributed by atoms with Gasteiger partial charge in [-0.1, -0.05) is 16.8 Å². The molecule has 24 heavy (non-hydrogen) atoms. The minimum Gasteiger partial charge on any atom is -0.477 e. The second kappa shape index (κ2) is 4.86. The van der Waals surface area contributed by atoms with E-state index in [1.807, 2.05) is 0 Å². The third kappa shape index (κ3) is 1.97. The van der Waals surface area contributed by atoms with Gasteiger partial charge in [-0.2, -0.15) is 4.68 Å². The molecule has 3 N–H and O–H groups in total. The molecule has 3 heterocycles. The van der Waals surface area contributed by atoms with Gasteiger partial charge in [-0.25, -0.2) is 18.7 Å². The molecular weight excluding hydrogens is 341 g/mol. The molecule has 0 saturated heterocycles. The van der Waals surface area contributed by atoms with Crippen LogP contribution in [0, 0.1) is 5.82 Å². The second-order valence-corrected chi connectivity index (χ2v) is 5.32. The zero-order valence-electron chi connectivity index (χ0n) is 11.7. The zero-order chi connectivity index (χ0) is 17.0. The van der Waals surface area contributed by atoms with Crippen LogP contribution >= 0.6 is 11.6 Å². The summed E-state index contributed by atoms with van der Waals surface area (Å²) in [4.78, 5) is 15.3. The average molecular weight is 348 g/mol. The standard InChI is InChI=1S/C13H7ClFN7O2/c14-5-1-2-7-8(3-5)22(20-18-7)11-6(15)4-21-12(17-11)9(13(23)24)10(16)19-21/h1-4H,(H2,16,19)(H,23,24). The van der Waals surface area contributed by atoms with Crippen LogP contribution in [0.25, 0.3) is 22.5 Å². The Bertz CT molecular complexity index is 1140. The van der Waals surface area contributed by atoms with Crippen LogP contribution in [0.3, 0.4) is 0 Å². The molecule has 0 aliphatic rings. The van der Waals surface area contributed by atoms with Crippen molar-refractivity contribution >= 4 is 40.1 Å². The van der Waals surface area contributed by atoms with Gasteiger partial charge in [0.05, 0.1) is 11.7 Å². The van der Waals surface area contributed by atoms with E-state index in [0.29, 0.717) is 16.1 Å². The fourth-order valence-corrected chi connectivity index (χ4v) is 2.53. The Balaban J connectivity index is 2.05. The summed E-state index contributed by atoms with van der Waals surface area (Å²) in [6, 6.07) is 4.79. The lowest BCUT2D eigenvalue weighted by molar-refractivity contribution is 0.0700. The number of nitrogens with two attached hydrogens (primary N) is 1. The van der Waals surface area contributed by atoms with Crippen molar-refractivity contribution in [3.63, 3.8) is 0 Å². The number of carboxylic acid groups (broad SMARTS) is 1. The quantitative estimate of drug-likeness (QED) is 0.563. The normalized spacial score (nSPS) is 11.4. The minimum absolute atomic E-state index is 0.109. The number of hydrogen-bond donors (Lipinski definition) is 2. The highest BCUT2D eigenvalue weighted by atomic mass is 35.5. The van der Waals surface area contributed by atoms with Crippen molar-refractivity contribution in [2.45, 2.75) is 0 Å². The topological polar surface area (TPSA) is 124 Å². The number of nitrogens with zero attached hydrogens (tertiary/aromatic N) is 6. The van der Waals surface area contributed by atoms with Crippen molar-refractivity contribution in [1.29, 1.82) is 0 Å². The third-order valence-corrected chi connectivity index (χ3v) is 3.63. The number of hydrogen-bond acceptors (Lipinski definition) is 6. The van der Waals surface area contributed by atoms with Gasteiger partial charge in [-0.3, -0.25) is 0 Å². The molecule has 11 heteroatoms. The Morgan fingerprint density at radius 2 is 2.17 bits per heavy atom. The number of aromatic nitrogens is 6. The first kappa shape index (κ1) is 14.3. The molecule has 0 saturated carbocycles. The highest BCUT2D eigenvalue weighted by molar-refractivity contribution is 6.31. The van der Waals surface area contributed by atoms with Gasteiger partial charge in [0, 0.05) is 5.02 Å². The van der Waals surface area contributed by atoms with Gasteiger partial charge in [0.1, 0.15) is 11.1 Å². The van der Waals surface area contributed by atoms with Crippen molar-refractivity contribution in [3.05, 3.63) is 40.8 Å². The lowest BCUT2D eigenvalue weighted by Gasteiger charge is -2.04. The maximum atomic E-state index is 14.4. The van der Waals surface area contributed by atoms with Gasteiger partial charge in [-0.15, -0.1) is 10.2 Å². The monoisotopic (exact) mass is 347 g/mol. The van der Waals surface area contributed by atoms with E-state index in [1.165, 1.54) is 0 Å². The summed E-state index contributed by atoms with van der Waals surface area (Å²) in [5, 5.41) is 21.1. The van der Waals surface area contributed by atoms with E-state index in [4.69, 9.17) is 17.3 Å². The van der Waals surface area contributed by atoms with Crippen LogP contribution in [0.2, 0.25) is 5.02 Å². The van der Waals surface area contributed by atoms with E-state index in [1.54, 1.807) is 18.2 Å². The molecule has 4 rings (SSSR count). The Kier molecular flexibility index (Phi) is 2.90. The number of aromatic carboxylic acids is 1. The van der Waals surface area contributed by atoms with Crippen LogP contribution in [0.15, 0.2) is 24.4 Å². The molecular formula is C13H7ClFN7O2. The predicted molar refractivity (Wildman–Crippen MR) is 81.7 cm³/mol. The summed E-state index contributed by atoms with van der Waals surface area (Å²) in [6.45, 7) is 0. The molecule has 0 spiro atoms. The molecule has 0 fully saturated rings. The number of rotatable bonds is 2. The summed E-state index contributed by atoms with van der Waals surface area (Å²) in [6.07, 6.45) is 0.971. The maximum absolute atomic E-state index is 14.4. The summed E-state index contributed by atoms with van der Waals surface area (Å²) in [5.74, 6) is -2.61. The molecule has 0 aliphatic heterocycles. The minimum atomic E-state index is -1.32. The van der Waals surface area contributed by atoms with Crippen LogP contribution < -0.4 is 5.73 Å². The molecule has 0 atom stereocenters. The smallest absolute Gasteiger partial charge is 0.343 e. The molecule has 3 aromatic heterocycles. The van der Waals surface area contributed by atoms with E-state index in [-0.39, 0.29) is 22.8 Å². The average Bonchev–Trinajstić information content (AvgIpc) is 3.05. The maximum Gasteiger partial charge on any atom is 0.343 e. The lowest BCUT2D eigenvalue weighted by Crippen LogP contribution is -2.07. The predicted octanol–water partition coefficient (Wildman–Crippen LogP) is 1.54. The molecule has 0 aliphatic carbocycles. The fourth-order valence-electron chi connectivity index (χ4n) is 2.36. The molecule has 0 unspecified atom stereocenters. The molecule has 0 radical (unpaired) electrons. The number of benzene rings is 1. The number of nitrogen functional groups attached to an aromatic ring is 1. The van der Waals surface area contributed by atoms with E-state index < -0.39 is 11.8 Å². The van der Waals surface area contributed by atoms with Crippen molar-refractivity contribution in [2.24, 2.45) is 0 Å². The number of fused-ring (bicyclic) bond motifs is 2. The molecule has 0 bridgehead atoms. The van der Waals surface area contributed by atoms with Crippen molar-refractivity contribution < 1.29 is 14.3 Å². The van der Waals surface area contributed by atoms with E-state index in [9.17, 15) is 14.3 Å². The highest BCUT2D eigenvalue weighted by Gasteiger charge is 2.22. The molecule has 9 nitrogen and oxygen atoms in total. The van der Waals surface area contributed by atoms with Crippen molar-refractivity contribution in [2.75, 3.05) is 5.73 Å². The molecule has 4 aromatic rings. The van der Waals surface area contributed by atoms with Crippen LogP contribution in [0.4, 0.5) is 10.2 Å². The second-order valence-electron chi connectivity index (χ2n) is 4.88. The number of carboxylic acids is 1. The lowest BCUT2D eigenvalue weighted by atomic mass is 10.3. The first-order valence-electron chi connectivity index (χ1n) is 6.54. The third-order valence-electron chi connectivity index (χ3n) is 3.40. The van der Waals surface area contributed by atoms with E-state index >= 15 is 0 Å². The van der Waals surface area contributed by atoms with Gasteiger partial charge in [-0.05, 0) is 18.2 Å². The zero-order valence-corrected chi connectivity index (χ0v) is 12.4. The van der Waals surface area contributed by atoms with Crippen LogP contribution in [-0.4, -0.2) is 40.7 Å². The summed E-state index contributed by atoms with van der Waals surface area (Å²) >= 11 is 5.95. The van der Waals surface area contributed by atoms with E-state index in [0.717, 1.165) is 15.4 Å². The Morgan fingerprint density at radius 3 is 2.92 bits per heavy atom. The highest BCUT2D eigenvalue weighted by Crippen LogP contribution is 2.23. The largest absolute Gasteiger partial charge is 0.477 e. The van der Waals surface area contributed by atoms with Crippen LogP contribution in [-0.2, 0) is 0 Å². The van der Waals surface area contributed by atoms with Crippen LogP contribution in [0.1, 0.15) is 10.4 Å². The first-order chi connectivity index (χ1) is 11.5. The fraction of sp³-hybridized carbons (Fsp3) is 0. The van der Waals surface area contributed by atoms with Gasteiger partial charge >= 0.3 is 5.97 Å². The number of carbonyl (C=O) groups is 1. The SMILES string of the molecule is Nc1nn2cc(F)c(-n3nnc4ccc(Cl)cc43)nc2c1C(=O)O.